The molecule has 5 heteroatoms. The summed E-state index contributed by atoms with van der Waals surface area (Å²) in [5.41, 5.74) is 1.98. The van der Waals surface area contributed by atoms with Crippen LogP contribution in [-0.4, -0.2) is 48.0 Å². The lowest BCUT2D eigenvalue weighted by atomic mass is 10.1. The molecule has 2 aromatic rings. The van der Waals surface area contributed by atoms with Crippen molar-refractivity contribution < 1.29 is 9.53 Å². The minimum atomic E-state index is 0.128. The number of likely N-dealkylation sites (N-methyl/N-ethyl adjacent to an activating group) is 1. The Morgan fingerprint density at radius 3 is 2.90 bits per heavy atom. The highest BCUT2D eigenvalue weighted by molar-refractivity contribution is 7.98. The van der Waals surface area contributed by atoms with E-state index in [4.69, 9.17) is 4.74 Å². The van der Waals surface area contributed by atoms with E-state index in [0.717, 1.165) is 28.0 Å². The molecule has 0 bridgehead atoms. The molecular formula is C16H22N2O2S. The average molecular weight is 306 g/mol. The van der Waals surface area contributed by atoms with Gasteiger partial charge >= 0.3 is 0 Å². The predicted molar refractivity (Wildman–Crippen MR) is 89.2 cm³/mol. The average Bonchev–Trinajstić information content (AvgIpc) is 2.89. The molecule has 1 amide bonds. The van der Waals surface area contributed by atoms with Crippen molar-refractivity contribution in [3.8, 4) is 5.75 Å². The van der Waals surface area contributed by atoms with Gasteiger partial charge < -0.3 is 14.6 Å². The van der Waals surface area contributed by atoms with E-state index in [2.05, 4.69) is 18.2 Å². The molecule has 0 unspecified atom stereocenters. The third kappa shape index (κ3) is 3.35. The van der Waals surface area contributed by atoms with Crippen molar-refractivity contribution >= 4 is 28.6 Å². The van der Waals surface area contributed by atoms with Gasteiger partial charge in [-0.25, -0.2) is 0 Å². The van der Waals surface area contributed by atoms with Crippen LogP contribution in [0, 0.1) is 0 Å². The molecule has 0 aliphatic heterocycles. The quantitative estimate of drug-likeness (QED) is 0.892. The van der Waals surface area contributed by atoms with Crippen LogP contribution >= 0.6 is 11.8 Å². The Hall–Kier alpha value is -1.62. The Balaban J connectivity index is 2.22. The van der Waals surface area contributed by atoms with Gasteiger partial charge in [-0.2, -0.15) is 11.8 Å². The Labute approximate surface area is 129 Å². The van der Waals surface area contributed by atoms with E-state index in [0.29, 0.717) is 6.42 Å². The summed E-state index contributed by atoms with van der Waals surface area (Å²) in [5, 5.41) is 0.999. The zero-order chi connectivity index (χ0) is 15.4. The van der Waals surface area contributed by atoms with Crippen molar-refractivity contribution in [1.29, 1.82) is 0 Å². The molecule has 4 nitrogen and oxygen atoms in total. The number of benzene rings is 1. The fraction of sp³-hybridized carbons (Fsp3) is 0.438. The number of carbonyl (C=O) groups excluding carboxylic acids is 1. The van der Waals surface area contributed by atoms with Crippen LogP contribution in [-0.2, 0) is 11.2 Å². The lowest BCUT2D eigenvalue weighted by Crippen LogP contribution is -2.37. The van der Waals surface area contributed by atoms with Gasteiger partial charge in [-0.05, 0) is 30.9 Å². The first-order valence-corrected chi connectivity index (χ1v) is 8.35. The highest BCUT2D eigenvalue weighted by Gasteiger charge is 2.18. The number of fused-ring (bicyclic) bond motifs is 1. The molecule has 2 rings (SSSR count). The molecular weight excluding hydrogens is 284 g/mol. The smallest absolute Gasteiger partial charge is 0.227 e. The maximum atomic E-state index is 12.4. The van der Waals surface area contributed by atoms with Crippen LogP contribution in [0.3, 0.4) is 0 Å². The monoisotopic (exact) mass is 306 g/mol. The molecule has 0 aliphatic rings. The first kappa shape index (κ1) is 15.8. The van der Waals surface area contributed by atoms with Crippen LogP contribution in [0.15, 0.2) is 24.4 Å². The van der Waals surface area contributed by atoms with E-state index in [-0.39, 0.29) is 11.9 Å². The molecule has 0 radical (unpaired) electrons. The number of aromatic amines is 1. The van der Waals surface area contributed by atoms with E-state index in [9.17, 15) is 4.79 Å². The number of hydrogen-bond acceptors (Lipinski definition) is 3. The maximum Gasteiger partial charge on any atom is 0.227 e. The van der Waals surface area contributed by atoms with Crippen molar-refractivity contribution in [3.05, 3.63) is 30.0 Å². The number of nitrogens with zero attached hydrogens (tertiary/aromatic N) is 1. The largest absolute Gasteiger partial charge is 0.496 e. The third-order valence-corrected chi connectivity index (χ3v) is 4.59. The standard InChI is InChI=1S/C16H22N2O2S/c1-11(10-21-4)18(2)15(19)8-12-9-17-13-6-5-7-14(20-3)16(12)13/h5-7,9,11,17H,8,10H2,1-4H3/t11-/m1/s1. The summed E-state index contributed by atoms with van der Waals surface area (Å²) in [4.78, 5) is 17.5. The van der Waals surface area contributed by atoms with E-state index in [1.807, 2.05) is 36.3 Å². The fourth-order valence-corrected chi connectivity index (χ4v) is 3.12. The first-order valence-electron chi connectivity index (χ1n) is 6.96. The van der Waals surface area contributed by atoms with Crippen LogP contribution in [0.25, 0.3) is 10.9 Å². The van der Waals surface area contributed by atoms with Crippen molar-refractivity contribution in [2.75, 3.05) is 26.2 Å². The van der Waals surface area contributed by atoms with Gasteiger partial charge in [-0.1, -0.05) is 6.07 Å². The van der Waals surface area contributed by atoms with Crippen molar-refractivity contribution in [2.45, 2.75) is 19.4 Å². The molecule has 1 heterocycles. The van der Waals surface area contributed by atoms with Crippen molar-refractivity contribution in [1.82, 2.24) is 9.88 Å². The van der Waals surface area contributed by atoms with E-state index in [1.165, 1.54) is 0 Å². The van der Waals surface area contributed by atoms with E-state index < -0.39 is 0 Å². The number of carbonyl (C=O) groups is 1. The molecule has 1 N–H and O–H groups in total. The zero-order valence-corrected chi connectivity index (χ0v) is 13.8. The Kier molecular flexibility index (Phi) is 5.17. The van der Waals surface area contributed by atoms with Crippen LogP contribution < -0.4 is 4.74 Å². The number of H-pyrrole nitrogens is 1. The molecule has 21 heavy (non-hydrogen) atoms. The lowest BCUT2D eigenvalue weighted by molar-refractivity contribution is -0.130. The molecule has 1 aromatic heterocycles. The van der Waals surface area contributed by atoms with E-state index >= 15 is 0 Å². The molecule has 114 valence electrons. The molecule has 0 spiro atoms. The predicted octanol–water partition coefficient (Wildman–Crippen LogP) is 2.93. The van der Waals surface area contributed by atoms with Gasteiger partial charge in [0.05, 0.1) is 13.5 Å². The second-order valence-electron chi connectivity index (χ2n) is 5.18. The summed E-state index contributed by atoms with van der Waals surface area (Å²) in [6, 6.07) is 6.09. The summed E-state index contributed by atoms with van der Waals surface area (Å²) < 4.78 is 5.41. The van der Waals surface area contributed by atoms with E-state index in [1.54, 1.807) is 18.9 Å². The van der Waals surface area contributed by atoms with Crippen molar-refractivity contribution in [3.63, 3.8) is 0 Å². The van der Waals surface area contributed by atoms with Gasteiger partial charge in [-0.3, -0.25) is 4.79 Å². The molecule has 1 atom stereocenters. The third-order valence-electron chi connectivity index (χ3n) is 3.77. The fourth-order valence-electron chi connectivity index (χ4n) is 2.42. The minimum absolute atomic E-state index is 0.128. The van der Waals surface area contributed by atoms with Gasteiger partial charge in [-0.15, -0.1) is 0 Å². The molecule has 0 fully saturated rings. The number of nitrogens with one attached hydrogen (secondary N) is 1. The van der Waals surface area contributed by atoms with Gasteiger partial charge in [0, 0.05) is 35.9 Å². The van der Waals surface area contributed by atoms with Gasteiger partial charge in [0.25, 0.3) is 0 Å². The number of ether oxygens (including phenoxy) is 1. The Morgan fingerprint density at radius 1 is 1.48 bits per heavy atom. The van der Waals surface area contributed by atoms with Crippen LogP contribution in [0.1, 0.15) is 12.5 Å². The number of amides is 1. The summed E-state index contributed by atoms with van der Waals surface area (Å²) >= 11 is 1.75. The number of thioether (sulfide) groups is 1. The second-order valence-corrected chi connectivity index (χ2v) is 6.09. The molecule has 0 saturated heterocycles. The van der Waals surface area contributed by atoms with Gasteiger partial charge in [0.1, 0.15) is 5.75 Å². The minimum Gasteiger partial charge on any atom is -0.496 e. The highest BCUT2D eigenvalue weighted by Crippen LogP contribution is 2.29. The van der Waals surface area contributed by atoms with Crippen molar-refractivity contribution in [2.24, 2.45) is 0 Å². The summed E-state index contributed by atoms with van der Waals surface area (Å²) in [7, 11) is 3.52. The second kappa shape index (κ2) is 6.89. The highest BCUT2D eigenvalue weighted by atomic mass is 32.2. The molecule has 0 aliphatic carbocycles. The molecule has 1 aromatic carbocycles. The summed E-state index contributed by atoms with van der Waals surface area (Å²) in [5.74, 6) is 1.87. The number of hydrogen-bond donors (Lipinski definition) is 1. The number of rotatable bonds is 6. The van der Waals surface area contributed by atoms with Crippen LogP contribution in [0.5, 0.6) is 5.75 Å². The zero-order valence-electron chi connectivity index (χ0n) is 13.0. The van der Waals surface area contributed by atoms with Crippen LogP contribution in [0.4, 0.5) is 0 Å². The van der Waals surface area contributed by atoms with Crippen LogP contribution in [0.2, 0.25) is 0 Å². The Bertz CT molecular complexity index is 624. The molecule has 0 saturated carbocycles. The first-order chi connectivity index (χ1) is 10.1. The summed E-state index contributed by atoms with van der Waals surface area (Å²) in [6.45, 7) is 2.07. The maximum absolute atomic E-state index is 12.4. The van der Waals surface area contributed by atoms with Gasteiger partial charge in [0.15, 0.2) is 0 Å². The number of aromatic nitrogens is 1. The topological polar surface area (TPSA) is 45.3 Å². The summed E-state index contributed by atoms with van der Waals surface area (Å²) in [6.07, 6.45) is 4.34. The SMILES string of the molecule is COc1cccc2[nH]cc(CC(=O)N(C)[C@H](C)CSC)c12. The lowest BCUT2D eigenvalue weighted by Gasteiger charge is -2.24. The van der Waals surface area contributed by atoms with Gasteiger partial charge in [0.2, 0.25) is 5.91 Å². The normalized spacial score (nSPS) is 12.4. The Morgan fingerprint density at radius 2 is 2.24 bits per heavy atom. The number of methoxy groups -OCH3 is 1.